The van der Waals surface area contributed by atoms with Crippen LogP contribution in [-0.4, -0.2) is 40.2 Å². The monoisotopic (exact) mass is 159 g/mol. The van der Waals surface area contributed by atoms with Crippen LogP contribution >= 0.6 is 0 Å². The van der Waals surface area contributed by atoms with Crippen molar-refractivity contribution < 1.29 is 15.3 Å². The Morgan fingerprint density at radius 2 is 2.09 bits per heavy atom. The molecular weight excluding hydrogens is 146 g/mol. The SMILES string of the molecule is NCC1=CC(O)C(O)C(O)C1. The molecule has 0 amide bonds. The number of rotatable bonds is 1. The van der Waals surface area contributed by atoms with Crippen LogP contribution in [0.25, 0.3) is 0 Å². The minimum atomic E-state index is -1.06. The second kappa shape index (κ2) is 3.32. The summed E-state index contributed by atoms with van der Waals surface area (Å²) in [5, 5.41) is 27.3. The first-order valence-corrected chi connectivity index (χ1v) is 3.59. The van der Waals surface area contributed by atoms with Gasteiger partial charge in [-0.25, -0.2) is 0 Å². The van der Waals surface area contributed by atoms with Crippen LogP contribution in [0.3, 0.4) is 0 Å². The number of hydrogen-bond donors (Lipinski definition) is 4. The van der Waals surface area contributed by atoms with Crippen molar-refractivity contribution in [1.82, 2.24) is 0 Å². The van der Waals surface area contributed by atoms with Crippen LogP contribution in [0.5, 0.6) is 0 Å². The molecule has 4 heteroatoms. The second-order valence-corrected chi connectivity index (χ2v) is 2.78. The van der Waals surface area contributed by atoms with E-state index < -0.39 is 18.3 Å². The fourth-order valence-corrected chi connectivity index (χ4v) is 1.18. The molecule has 0 aromatic carbocycles. The van der Waals surface area contributed by atoms with E-state index in [9.17, 15) is 0 Å². The van der Waals surface area contributed by atoms with E-state index in [1.807, 2.05) is 0 Å². The van der Waals surface area contributed by atoms with Crippen molar-refractivity contribution in [2.24, 2.45) is 5.73 Å². The Bertz CT molecular complexity index is 169. The Balaban J connectivity index is 2.68. The molecule has 0 saturated carbocycles. The lowest BCUT2D eigenvalue weighted by Crippen LogP contribution is -2.40. The minimum absolute atomic E-state index is 0.320. The lowest BCUT2D eigenvalue weighted by molar-refractivity contribution is -0.0475. The predicted molar refractivity (Wildman–Crippen MR) is 39.8 cm³/mol. The Morgan fingerprint density at radius 3 is 2.55 bits per heavy atom. The molecule has 0 spiro atoms. The van der Waals surface area contributed by atoms with E-state index in [1.54, 1.807) is 0 Å². The van der Waals surface area contributed by atoms with Crippen molar-refractivity contribution in [2.75, 3.05) is 6.54 Å². The Kier molecular flexibility index (Phi) is 2.62. The molecule has 64 valence electrons. The topological polar surface area (TPSA) is 86.7 Å². The highest BCUT2D eigenvalue weighted by atomic mass is 16.4. The van der Waals surface area contributed by atoms with Gasteiger partial charge in [-0.15, -0.1) is 0 Å². The van der Waals surface area contributed by atoms with Crippen LogP contribution in [-0.2, 0) is 0 Å². The van der Waals surface area contributed by atoms with Crippen molar-refractivity contribution in [3.8, 4) is 0 Å². The van der Waals surface area contributed by atoms with Crippen LogP contribution in [0, 0.1) is 0 Å². The summed E-state index contributed by atoms with van der Waals surface area (Å²) in [6, 6.07) is 0. The van der Waals surface area contributed by atoms with Crippen LogP contribution in [0.4, 0.5) is 0 Å². The molecule has 1 rings (SSSR count). The smallest absolute Gasteiger partial charge is 0.110 e. The zero-order valence-corrected chi connectivity index (χ0v) is 6.14. The highest BCUT2D eigenvalue weighted by Crippen LogP contribution is 2.18. The standard InChI is InChI=1S/C7H13NO3/c8-3-4-1-5(9)7(11)6(10)2-4/h1,5-7,9-11H,2-3,8H2. The van der Waals surface area contributed by atoms with Crippen molar-refractivity contribution in [3.63, 3.8) is 0 Å². The molecular formula is C7H13NO3. The Hall–Kier alpha value is -0.420. The summed E-state index contributed by atoms with van der Waals surface area (Å²) in [5.41, 5.74) is 6.09. The molecule has 0 heterocycles. The number of aliphatic hydroxyl groups is 3. The number of nitrogens with two attached hydrogens (primary N) is 1. The third-order valence-electron chi connectivity index (χ3n) is 1.88. The number of hydrogen-bond acceptors (Lipinski definition) is 4. The highest BCUT2D eigenvalue weighted by Gasteiger charge is 2.28. The molecule has 1 aliphatic carbocycles. The maximum atomic E-state index is 9.14. The number of aliphatic hydroxyl groups excluding tert-OH is 3. The normalized spacial score (nSPS) is 38.5. The summed E-state index contributed by atoms with van der Waals surface area (Å²) < 4.78 is 0. The van der Waals surface area contributed by atoms with Crippen LogP contribution in [0.1, 0.15) is 6.42 Å². The molecule has 11 heavy (non-hydrogen) atoms. The molecule has 0 bridgehead atoms. The maximum absolute atomic E-state index is 9.14. The van der Waals surface area contributed by atoms with Gasteiger partial charge in [0, 0.05) is 6.54 Å². The Morgan fingerprint density at radius 1 is 1.45 bits per heavy atom. The van der Waals surface area contributed by atoms with Gasteiger partial charge in [0.25, 0.3) is 0 Å². The summed E-state index contributed by atoms with van der Waals surface area (Å²) in [6.45, 7) is 0.320. The second-order valence-electron chi connectivity index (χ2n) is 2.78. The lowest BCUT2D eigenvalue weighted by Gasteiger charge is -2.27. The van der Waals surface area contributed by atoms with Gasteiger partial charge >= 0.3 is 0 Å². The largest absolute Gasteiger partial charge is 0.390 e. The van der Waals surface area contributed by atoms with E-state index in [0.29, 0.717) is 13.0 Å². The molecule has 1 aliphatic rings. The predicted octanol–water partition coefficient (Wildman–Crippen LogP) is -1.64. The van der Waals surface area contributed by atoms with Crippen molar-refractivity contribution in [1.29, 1.82) is 0 Å². The van der Waals surface area contributed by atoms with Crippen LogP contribution in [0.2, 0.25) is 0 Å². The van der Waals surface area contributed by atoms with Crippen molar-refractivity contribution >= 4 is 0 Å². The van der Waals surface area contributed by atoms with Gasteiger partial charge < -0.3 is 21.1 Å². The molecule has 0 radical (unpaired) electrons. The summed E-state index contributed by atoms with van der Waals surface area (Å²) in [5.74, 6) is 0. The first kappa shape index (κ1) is 8.67. The molecule has 4 nitrogen and oxygen atoms in total. The van der Waals surface area contributed by atoms with Crippen LogP contribution < -0.4 is 5.73 Å². The molecule has 0 saturated heterocycles. The third kappa shape index (κ3) is 1.78. The summed E-state index contributed by atoms with van der Waals surface area (Å²) in [4.78, 5) is 0. The third-order valence-corrected chi connectivity index (χ3v) is 1.88. The molecule has 0 aliphatic heterocycles. The van der Waals surface area contributed by atoms with E-state index in [1.165, 1.54) is 6.08 Å². The van der Waals surface area contributed by atoms with Gasteiger partial charge in [0.15, 0.2) is 0 Å². The molecule has 0 aromatic rings. The van der Waals surface area contributed by atoms with Gasteiger partial charge in [0.2, 0.25) is 0 Å². The zero-order valence-electron chi connectivity index (χ0n) is 6.14. The van der Waals surface area contributed by atoms with E-state index in [4.69, 9.17) is 21.1 Å². The van der Waals surface area contributed by atoms with Crippen molar-refractivity contribution in [3.05, 3.63) is 11.6 Å². The quantitative estimate of drug-likeness (QED) is 0.345. The van der Waals surface area contributed by atoms with Gasteiger partial charge in [0.1, 0.15) is 12.2 Å². The maximum Gasteiger partial charge on any atom is 0.110 e. The fraction of sp³-hybridized carbons (Fsp3) is 0.714. The van der Waals surface area contributed by atoms with E-state index in [0.717, 1.165) is 5.57 Å². The van der Waals surface area contributed by atoms with Crippen LogP contribution in [0.15, 0.2) is 11.6 Å². The molecule has 3 atom stereocenters. The average molecular weight is 159 g/mol. The molecule has 5 N–H and O–H groups in total. The van der Waals surface area contributed by atoms with Gasteiger partial charge in [-0.1, -0.05) is 11.6 Å². The lowest BCUT2D eigenvalue weighted by atomic mass is 9.92. The van der Waals surface area contributed by atoms with Gasteiger partial charge in [-0.2, -0.15) is 0 Å². The first-order valence-electron chi connectivity index (χ1n) is 3.59. The minimum Gasteiger partial charge on any atom is -0.390 e. The Labute approximate surface area is 65.0 Å². The van der Waals surface area contributed by atoms with E-state index in [2.05, 4.69) is 0 Å². The summed E-state index contributed by atoms with van der Waals surface area (Å²) in [6.07, 6.45) is -1.07. The zero-order chi connectivity index (χ0) is 8.43. The van der Waals surface area contributed by atoms with Crippen molar-refractivity contribution in [2.45, 2.75) is 24.7 Å². The molecule has 0 aromatic heterocycles. The van der Waals surface area contributed by atoms with Gasteiger partial charge in [-0.3, -0.25) is 0 Å². The average Bonchev–Trinajstić information content (AvgIpc) is 1.99. The van der Waals surface area contributed by atoms with E-state index in [-0.39, 0.29) is 0 Å². The fourth-order valence-electron chi connectivity index (χ4n) is 1.18. The summed E-state index contributed by atoms with van der Waals surface area (Å²) >= 11 is 0. The summed E-state index contributed by atoms with van der Waals surface area (Å²) in [7, 11) is 0. The highest BCUT2D eigenvalue weighted by molar-refractivity contribution is 5.14. The molecule has 3 unspecified atom stereocenters. The van der Waals surface area contributed by atoms with Gasteiger partial charge in [-0.05, 0) is 6.42 Å². The first-order chi connectivity index (χ1) is 5.15. The molecule has 0 fully saturated rings. The van der Waals surface area contributed by atoms with Gasteiger partial charge in [0.05, 0.1) is 6.10 Å². The van der Waals surface area contributed by atoms with E-state index >= 15 is 0 Å².